The van der Waals surface area contributed by atoms with Crippen LogP contribution < -0.4 is 0 Å². The van der Waals surface area contributed by atoms with Crippen LogP contribution in [0.1, 0.15) is 44.6 Å². The number of carbonyl (C=O) groups excluding carboxylic acids is 1. The van der Waals surface area contributed by atoms with Crippen LogP contribution in [-0.2, 0) is 14.3 Å². The quantitative estimate of drug-likeness (QED) is 0.164. The smallest absolute Gasteiger partial charge is 0.305 e. The molecule has 0 saturated heterocycles. The van der Waals surface area contributed by atoms with Gasteiger partial charge in [-0.25, -0.2) is 9.98 Å². The largest absolute Gasteiger partial charge is 0.481 e. The Morgan fingerprint density at radius 2 is 1.73 bits per heavy atom. The van der Waals surface area contributed by atoms with Gasteiger partial charge < -0.3 is 19.4 Å². The van der Waals surface area contributed by atoms with Crippen molar-refractivity contribution in [3.63, 3.8) is 0 Å². The summed E-state index contributed by atoms with van der Waals surface area (Å²) in [4.78, 5) is 39.3. The van der Waals surface area contributed by atoms with Crippen molar-refractivity contribution in [2.45, 2.75) is 38.8 Å². The Bertz CT molecular complexity index is 1330. The van der Waals surface area contributed by atoms with Crippen LogP contribution in [0.2, 0.25) is 0 Å². The Morgan fingerprint density at radius 3 is 2.32 bits per heavy atom. The topological polar surface area (TPSA) is 122 Å². The first-order valence-electron chi connectivity index (χ1n) is 12.0. The molecule has 9 nitrogen and oxygen atoms in total. The Kier molecular flexibility index (Phi) is 8.25. The van der Waals surface area contributed by atoms with E-state index >= 15 is 0 Å². The number of nitrogens with zero attached hydrogens (tertiary/aromatic N) is 4. The number of rotatable bonds is 11. The van der Waals surface area contributed by atoms with E-state index in [0.29, 0.717) is 12.2 Å². The van der Waals surface area contributed by atoms with Gasteiger partial charge in [-0.1, -0.05) is 38.1 Å². The van der Waals surface area contributed by atoms with Crippen LogP contribution in [0, 0.1) is 5.92 Å². The molecule has 4 rings (SSSR count). The number of aromatic amines is 1. The molecular weight excluding hydrogens is 470 g/mol. The minimum atomic E-state index is -1.04. The second kappa shape index (κ2) is 11.9. The van der Waals surface area contributed by atoms with Crippen LogP contribution in [0.5, 0.6) is 0 Å². The third kappa shape index (κ3) is 6.58. The number of H-pyrrole nitrogens is 1. The molecule has 0 bridgehead atoms. The van der Waals surface area contributed by atoms with E-state index in [1.165, 1.54) is 0 Å². The number of nitrogens with one attached hydrogen (secondary N) is 1. The number of hydrogen-bond acceptors (Lipinski definition) is 6. The first kappa shape index (κ1) is 25.6. The molecule has 0 saturated carbocycles. The van der Waals surface area contributed by atoms with Gasteiger partial charge in [-0.05, 0) is 52.8 Å². The average Bonchev–Trinajstić information content (AvgIpc) is 3.60. The highest BCUT2D eigenvalue weighted by Crippen LogP contribution is 2.29. The molecule has 0 amide bonds. The summed E-state index contributed by atoms with van der Waals surface area (Å²) in [5.74, 6) is -0.114. The van der Waals surface area contributed by atoms with Gasteiger partial charge in [-0.2, -0.15) is 0 Å². The minimum Gasteiger partial charge on any atom is -0.481 e. The first-order chi connectivity index (χ1) is 17.9. The molecule has 4 aromatic rings. The lowest BCUT2D eigenvalue weighted by molar-refractivity contribution is -0.137. The van der Waals surface area contributed by atoms with Crippen molar-refractivity contribution < 1.29 is 19.4 Å². The number of carboxylic acid groups (broad SMARTS) is 1. The molecule has 3 aromatic heterocycles. The van der Waals surface area contributed by atoms with Gasteiger partial charge in [0.2, 0.25) is 5.90 Å². The molecule has 0 aliphatic heterocycles. The van der Waals surface area contributed by atoms with Crippen LogP contribution in [0.25, 0.3) is 22.3 Å². The monoisotopic (exact) mass is 499 g/mol. The van der Waals surface area contributed by atoms with Crippen molar-refractivity contribution in [3.05, 3.63) is 85.5 Å². The summed E-state index contributed by atoms with van der Waals surface area (Å²) in [7, 11) is 0. The molecule has 37 heavy (non-hydrogen) atoms. The maximum Gasteiger partial charge on any atom is 0.305 e. The van der Waals surface area contributed by atoms with E-state index in [4.69, 9.17) is 4.74 Å². The lowest BCUT2D eigenvalue weighted by Crippen LogP contribution is -2.25. The molecule has 0 aliphatic carbocycles. The zero-order valence-corrected chi connectivity index (χ0v) is 20.7. The molecule has 0 unspecified atom stereocenters. The fourth-order valence-corrected chi connectivity index (χ4v) is 4.19. The SMILES string of the molecule is CC(C)C[C@H](N=C(OC=O)[C@@H](CC(=O)O)n1ccc(-c2ccc(-c3ccncc3)cc2)c1)c1ncc[nH]1. The minimum absolute atomic E-state index is 0.0228. The van der Waals surface area contributed by atoms with Gasteiger partial charge in [0, 0.05) is 37.2 Å². The summed E-state index contributed by atoms with van der Waals surface area (Å²) in [5.41, 5.74) is 4.00. The zero-order chi connectivity index (χ0) is 26.2. The Morgan fingerprint density at radius 1 is 1.05 bits per heavy atom. The molecule has 0 aliphatic rings. The lowest BCUT2D eigenvalue weighted by atomic mass is 10.0. The van der Waals surface area contributed by atoms with Crippen molar-refractivity contribution in [1.29, 1.82) is 0 Å². The fourth-order valence-electron chi connectivity index (χ4n) is 4.19. The maximum absolute atomic E-state index is 11.8. The maximum atomic E-state index is 11.8. The Balaban J connectivity index is 1.66. The number of pyridine rings is 1. The van der Waals surface area contributed by atoms with E-state index < -0.39 is 18.1 Å². The van der Waals surface area contributed by atoms with Crippen LogP contribution in [0.15, 0.2) is 84.6 Å². The summed E-state index contributed by atoms with van der Waals surface area (Å²) < 4.78 is 7.01. The number of carboxylic acids is 1. The van der Waals surface area contributed by atoms with Gasteiger partial charge in [0.05, 0.1) is 6.42 Å². The normalized spacial score (nSPS) is 13.3. The van der Waals surface area contributed by atoms with Crippen molar-refractivity contribution in [1.82, 2.24) is 19.5 Å². The summed E-state index contributed by atoms with van der Waals surface area (Å²) >= 11 is 0. The second-order valence-corrected chi connectivity index (χ2v) is 9.08. The molecule has 190 valence electrons. The number of imidazole rings is 1. The number of ether oxygens (including phenoxy) is 1. The van der Waals surface area contributed by atoms with Crippen molar-refractivity contribution >= 4 is 18.3 Å². The van der Waals surface area contributed by atoms with Gasteiger partial charge in [0.15, 0.2) is 0 Å². The van der Waals surface area contributed by atoms with Gasteiger partial charge in [0.1, 0.15) is 17.9 Å². The predicted molar refractivity (Wildman–Crippen MR) is 140 cm³/mol. The molecule has 0 fully saturated rings. The summed E-state index contributed by atoms with van der Waals surface area (Å²) in [6, 6.07) is 12.6. The molecular formula is C28H29N5O4. The molecule has 2 atom stereocenters. The van der Waals surface area contributed by atoms with Gasteiger partial charge >= 0.3 is 5.97 Å². The van der Waals surface area contributed by atoms with E-state index in [0.717, 1.165) is 22.3 Å². The summed E-state index contributed by atoms with van der Waals surface area (Å²) in [6.07, 6.45) is 10.8. The predicted octanol–water partition coefficient (Wildman–Crippen LogP) is 5.31. The van der Waals surface area contributed by atoms with Gasteiger partial charge in [-0.15, -0.1) is 0 Å². The van der Waals surface area contributed by atoms with E-state index in [2.05, 4.69) is 33.8 Å². The Labute approximate surface area is 214 Å². The van der Waals surface area contributed by atoms with Crippen molar-refractivity contribution in [2.24, 2.45) is 10.9 Å². The highest BCUT2D eigenvalue weighted by molar-refractivity contribution is 5.89. The number of benzene rings is 1. The number of aliphatic carboxylic acids is 1. The highest BCUT2D eigenvalue weighted by Gasteiger charge is 2.26. The van der Waals surface area contributed by atoms with Crippen LogP contribution >= 0.6 is 0 Å². The van der Waals surface area contributed by atoms with Gasteiger partial charge in [-0.3, -0.25) is 14.6 Å². The molecule has 2 N–H and O–H groups in total. The zero-order valence-electron chi connectivity index (χ0n) is 20.7. The van der Waals surface area contributed by atoms with E-state index in [1.54, 1.807) is 35.6 Å². The first-order valence-corrected chi connectivity index (χ1v) is 12.0. The summed E-state index contributed by atoms with van der Waals surface area (Å²) in [6.45, 7) is 4.39. The highest BCUT2D eigenvalue weighted by atomic mass is 16.5. The number of hydrogen-bond donors (Lipinski definition) is 2. The van der Waals surface area contributed by atoms with Crippen molar-refractivity contribution in [3.8, 4) is 22.3 Å². The fraction of sp³-hybridized carbons (Fsp3) is 0.250. The van der Waals surface area contributed by atoms with E-state index in [1.807, 2.05) is 48.7 Å². The average molecular weight is 500 g/mol. The van der Waals surface area contributed by atoms with Gasteiger partial charge in [0.25, 0.3) is 6.47 Å². The van der Waals surface area contributed by atoms with Crippen LogP contribution in [0.3, 0.4) is 0 Å². The molecule has 3 heterocycles. The van der Waals surface area contributed by atoms with Crippen LogP contribution in [-0.4, -0.2) is 43.0 Å². The second-order valence-electron chi connectivity index (χ2n) is 9.08. The number of aromatic nitrogens is 4. The third-order valence-electron chi connectivity index (χ3n) is 5.94. The summed E-state index contributed by atoms with van der Waals surface area (Å²) in [5, 5.41) is 9.65. The molecule has 0 spiro atoms. The molecule has 9 heteroatoms. The third-order valence-corrected chi connectivity index (χ3v) is 5.94. The van der Waals surface area contributed by atoms with Crippen LogP contribution in [0.4, 0.5) is 0 Å². The van der Waals surface area contributed by atoms with Crippen molar-refractivity contribution in [2.75, 3.05) is 0 Å². The molecule has 1 aromatic carbocycles. The number of carbonyl (C=O) groups is 2. The standard InChI is InChI=1S/C28H29N5O4/c1-19(2)15-24(27-30-12-13-31-27)32-28(37-18-34)25(16-26(35)36)33-14-9-23(17-33)21-5-3-20(4-6-21)22-7-10-29-11-8-22/h3-14,17-19,24-25H,15-16H2,1-2H3,(H,30,31)(H,35,36)/t24-,25+/m0/s1. The van der Waals surface area contributed by atoms with E-state index in [-0.39, 0.29) is 24.7 Å². The molecule has 0 radical (unpaired) electrons. The Hall–Kier alpha value is -4.53. The number of aliphatic imine (C=N–C) groups is 1. The lowest BCUT2D eigenvalue weighted by Gasteiger charge is -2.21. The van der Waals surface area contributed by atoms with E-state index in [9.17, 15) is 14.7 Å².